The van der Waals surface area contributed by atoms with Crippen molar-refractivity contribution in [2.45, 2.75) is 11.8 Å². The van der Waals surface area contributed by atoms with E-state index in [1.54, 1.807) is 6.92 Å². The fourth-order valence-corrected chi connectivity index (χ4v) is 2.99. The molecule has 0 atom stereocenters. The summed E-state index contributed by atoms with van der Waals surface area (Å²) in [6.07, 6.45) is 0. The van der Waals surface area contributed by atoms with Crippen LogP contribution in [0.5, 0.6) is 0 Å². The Hall–Kier alpha value is -2.05. The molecule has 0 aliphatic rings. The summed E-state index contributed by atoms with van der Waals surface area (Å²) in [4.78, 5) is 10.9. The summed E-state index contributed by atoms with van der Waals surface area (Å²) < 4.78 is 26.9. The summed E-state index contributed by atoms with van der Waals surface area (Å²) in [6.45, 7) is 1.63. The lowest BCUT2D eigenvalue weighted by atomic mass is 10.1. The van der Waals surface area contributed by atoms with Crippen LogP contribution in [0.1, 0.15) is 15.9 Å². The van der Waals surface area contributed by atoms with Gasteiger partial charge in [-0.05, 0) is 55.0 Å². The first-order valence-corrected chi connectivity index (χ1v) is 7.78. The third kappa shape index (κ3) is 3.53. The number of aryl methyl sites for hydroxylation is 1. The molecule has 2 N–H and O–H groups in total. The van der Waals surface area contributed by atoms with Crippen molar-refractivity contribution in [2.75, 3.05) is 4.72 Å². The summed E-state index contributed by atoms with van der Waals surface area (Å²) in [7, 11) is -3.74. The number of halogens is 1. The predicted octanol–water partition coefficient (Wildman–Crippen LogP) is 3.15. The topological polar surface area (TPSA) is 83.5 Å². The Morgan fingerprint density at radius 3 is 2.29 bits per heavy atom. The van der Waals surface area contributed by atoms with Crippen molar-refractivity contribution in [1.29, 1.82) is 0 Å². The van der Waals surface area contributed by atoms with Crippen molar-refractivity contribution >= 4 is 33.3 Å². The summed E-state index contributed by atoms with van der Waals surface area (Å²) in [5, 5.41) is 9.33. The molecule has 0 fully saturated rings. The van der Waals surface area contributed by atoms with E-state index in [1.807, 2.05) is 0 Å². The minimum atomic E-state index is -3.74. The Bertz CT molecular complexity index is 785. The summed E-state index contributed by atoms with van der Waals surface area (Å²) in [6, 6.07) is 9.92. The van der Waals surface area contributed by atoms with Gasteiger partial charge in [-0.25, -0.2) is 13.2 Å². The summed E-state index contributed by atoms with van der Waals surface area (Å²) >= 11 is 5.72. The van der Waals surface area contributed by atoms with Gasteiger partial charge in [-0.15, -0.1) is 0 Å². The maximum Gasteiger partial charge on any atom is 0.335 e. The lowest BCUT2D eigenvalue weighted by Gasteiger charge is -2.11. The fraction of sp³-hybridized carbons (Fsp3) is 0.0714. The lowest BCUT2D eigenvalue weighted by molar-refractivity contribution is 0.0697. The zero-order valence-corrected chi connectivity index (χ0v) is 12.6. The number of aromatic carboxylic acids is 1. The zero-order valence-electron chi connectivity index (χ0n) is 11.0. The molecule has 2 aromatic rings. The van der Waals surface area contributed by atoms with Crippen LogP contribution < -0.4 is 4.72 Å². The maximum atomic E-state index is 12.2. The Morgan fingerprint density at radius 1 is 1.14 bits per heavy atom. The van der Waals surface area contributed by atoms with Crippen LogP contribution in [0, 0.1) is 6.92 Å². The van der Waals surface area contributed by atoms with E-state index in [0.717, 1.165) is 0 Å². The molecule has 2 rings (SSSR count). The standard InChI is InChI=1S/C14H12ClNO4S/c1-9-8-10(14(17)18)2-7-13(9)16-21(19,20)12-5-3-11(15)4-6-12/h2-8,16H,1H3,(H,17,18). The van der Waals surface area contributed by atoms with E-state index < -0.39 is 16.0 Å². The highest BCUT2D eigenvalue weighted by Crippen LogP contribution is 2.22. The van der Waals surface area contributed by atoms with Crippen LogP contribution in [0.3, 0.4) is 0 Å². The number of sulfonamides is 1. The Labute approximate surface area is 127 Å². The number of hydrogen-bond acceptors (Lipinski definition) is 3. The molecule has 2 aromatic carbocycles. The second-order valence-electron chi connectivity index (χ2n) is 4.39. The maximum absolute atomic E-state index is 12.2. The minimum absolute atomic E-state index is 0.0774. The first kappa shape index (κ1) is 15.3. The average Bonchev–Trinajstić information content (AvgIpc) is 2.41. The van der Waals surface area contributed by atoms with E-state index in [-0.39, 0.29) is 10.5 Å². The number of anilines is 1. The van der Waals surface area contributed by atoms with Gasteiger partial charge in [-0.3, -0.25) is 4.72 Å². The van der Waals surface area contributed by atoms with Crippen molar-refractivity contribution < 1.29 is 18.3 Å². The number of rotatable bonds is 4. The molecule has 0 spiro atoms. The minimum Gasteiger partial charge on any atom is -0.478 e. The summed E-state index contributed by atoms with van der Waals surface area (Å²) in [5.74, 6) is -1.06. The van der Waals surface area contributed by atoms with Crippen molar-refractivity contribution in [3.8, 4) is 0 Å². The van der Waals surface area contributed by atoms with Crippen molar-refractivity contribution in [1.82, 2.24) is 0 Å². The van der Waals surface area contributed by atoms with Crippen molar-refractivity contribution in [3.63, 3.8) is 0 Å². The Kier molecular flexibility index (Phi) is 4.20. The predicted molar refractivity (Wildman–Crippen MR) is 80.4 cm³/mol. The number of carboxylic acid groups (broad SMARTS) is 1. The Balaban J connectivity index is 2.32. The average molecular weight is 326 g/mol. The van der Waals surface area contributed by atoms with Crippen LogP contribution >= 0.6 is 11.6 Å². The lowest BCUT2D eigenvalue weighted by Crippen LogP contribution is -2.14. The van der Waals surface area contributed by atoms with Gasteiger partial charge in [0.15, 0.2) is 0 Å². The molecule has 110 valence electrons. The number of benzene rings is 2. The van der Waals surface area contributed by atoms with E-state index in [1.165, 1.54) is 42.5 Å². The highest BCUT2D eigenvalue weighted by atomic mass is 35.5. The zero-order chi connectivity index (χ0) is 15.6. The molecule has 0 aliphatic heterocycles. The quantitative estimate of drug-likeness (QED) is 0.904. The molecule has 0 radical (unpaired) electrons. The number of hydrogen-bond donors (Lipinski definition) is 2. The monoisotopic (exact) mass is 325 g/mol. The van der Waals surface area contributed by atoms with Crippen molar-refractivity contribution in [3.05, 3.63) is 58.6 Å². The molecular weight excluding hydrogens is 314 g/mol. The third-order valence-corrected chi connectivity index (χ3v) is 4.48. The van der Waals surface area contributed by atoms with Gasteiger partial charge in [-0.2, -0.15) is 0 Å². The number of carboxylic acids is 1. The van der Waals surface area contributed by atoms with Crippen LogP contribution in [0.2, 0.25) is 5.02 Å². The molecule has 0 saturated heterocycles. The van der Waals surface area contributed by atoms with Gasteiger partial charge in [0.2, 0.25) is 0 Å². The molecular formula is C14H12ClNO4S. The first-order valence-electron chi connectivity index (χ1n) is 5.92. The first-order chi connectivity index (χ1) is 9.79. The van der Waals surface area contributed by atoms with Crippen LogP contribution in [-0.4, -0.2) is 19.5 Å². The van der Waals surface area contributed by atoms with Crippen molar-refractivity contribution in [2.24, 2.45) is 0 Å². The van der Waals surface area contributed by atoms with Gasteiger partial charge < -0.3 is 5.11 Å². The molecule has 0 aromatic heterocycles. The van der Waals surface area contributed by atoms with Crippen LogP contribution in [0.4, 0.5) is 5.69 Å². The molecule has 0 heterocycles. The fourth-order valence-electron chi connectivity index (χ4n) is 1.73. The molecule has 0 saturated carbocycles. The highest BCUT2D eigenvalue weighted by molar-refractivity contribution is 7.92. The van der Waals surface area contributed by atoms with Crippen LogP contribution in [-0.2, 0) is 10.0 Å². The van der Waals surface area contributed by atoms with Gasteiger partial charge in [0.1, 0.15) is 0 Å². The Morgan fingerprint density at radius 2 is 1.76 bits per heavy atom. The largest absolute Gasteiger partial charge is 0.478 e. The second-order valence-corrected chi connectivity index (χ2v) is 6.51. The SMILES string of the molecule is Cc1cc(C(=O)O)ccc1NS(=O)(=O)c1ccc(Cl)cc1. The van der Waals surface area contributed by atoms with E-state index in [0.29, 0.717) is 16.3 Å². The van der Waals surface area contributed by atoms with Crippen LogP contribution in [0.25, 0.3) is 0 Å². The normalized spacial score (nSPS) is 11.1. The second kappa shape index (κ2) is 5.75. The van der Waals surface area contributed by atoms with Gasteiger partial charge >= 0.3 is 5.97 Å². The van der Waals surface area contributed by atoms with E-state index in [2.05, 4.69) is 4.72 Å². The third-order valence-electron chi connectivity index (χ3n) is 2.84. The van der Waals surface area contributed by atoms with Gasteiger partial charge in [0, 0.05) is 5.02 Å². The van der Waals surface area contributed by atoms with Gasteiger partial charge in [0.05, 0.1) is 16.1 Å². The summed E-state index contributed by atoms with van der Waals surface area (Å²) in [5.41, 5.74) is 0.948. The molecule has 0 amide bonds. The molecule has 5 nitrogen and oxygen atoms in total. The molecule has 7 heteroatoms. The van der Waals surface area contributed by atoms with Gasteiger partial charge in [0.25, 0.3) is 10.0 Å². The molecule has 0 bridgehead atoms. The van der Waals surface area contributed by atoms with E-state index >= 15 is 0 Å². The van der Waals surface area contributed by atoms with E-state index in [9.17, 15) is 13.2 Å². The highest BCUT2D eigenvalue weighted by Gasteiger charge is 2.15. The molecule has 0 unspecified atom stereocenters. The molecule has 0 aliphatic carbocycles. The van der Waals surface area contributed by atoms with Gasteiger partial charge in [-0.1, -0.05) is 11.6 Å². The van der Waals surface area contributed by atoms with E-state index in [4.69, 9.17) is 16.7 Å². The smallest absolute Gasteiger partial charge is 0.335 e. The number of carbonyl (C=O) groups is 1. The molecule has 21 heavy (non-hydrogen) atoms. The number of nitrogens with one attached hydrogen (secondary N) is 1. The van der Waals surface area contributed by atoms with Crippen LogP contribution in [0.15, 0.2) is 47.4 Å².